The van der Waals surface area contributed by atoms with Gasteiger partial charge in [0.2, 0.25) is 5.91 Å². The highest BCUT2D eigenvalue weighted by atomic mass is 19.4. The first-order chi connectivity index (χ1) is 8.81. The molecule has 1 amide bonds. The molecule has 0 aromatic carbocycles. The van der Waals surface area contributed by atoms with E-state index in [4.69, 9.17) is 5.73 Å². The normalized spacial score (nSPS) is 22.5. The predicted octanol–water partition coefficient (Wildman–Crippen LogP) is 1.11. The summed E-state index contributed by atoms with van der Waals surface area (Å²) >= 11 is 0. The molecular weight excluding hydrogens is 259 g/mol. The maximum Gasteiger partial charge on any atom is 0.401 e. The summed E-state index contributed by atoms with van der Waals surface area (Å²) in [5, 5.41) is 2.72. The first-order valence-corrected chi connectivity index (χ1v) is 6.64. The van der Waals surface area contributed by atoms with E-state index in [0.717, 1.165) is 6.42 Å². The molecule has 0 saturated carbocycles. The minimum Gasteiger partial charge on any atom is -0.354 e. The van der Waals surface area contributed by atoms with Crippen LogP contribution in [0.1, 0.15) is 26.2 Å². The van der Waals surface area contributed by atoms with Gasteiger partial charge in [-0.15, -0.1) is 0 Å². The topological polar surface area (TPSA) is 58.4 Å². The summed E-state index contributed by atoms with van der Waals surface area (Å²) in [6, 6.07) is -0.516. The minimum absolute atomic E-state index is 0.0835. The van der Waals surface area contributed by atoms with E-state index in [2.05, 4.69) is 5.32 Å². The quantitative estimate of drug-likeness (QED) is 0.767. The highest BCUT2D eigenvalue weighted by molar-refractivity contribution is 5.81. The summed E-state index contributed by atoms with van der Waals surface area (Å²) in [5.74, 6) is -0.128. The molecule has 112 valence electrons. The second-order valence-electron chi connectivity index (χ2n) is 5.15. The molecule has 1 aliphatic rings. The molecule has 0 aromatic rings. The van der Waals surface area contributed by atoms with Crippen molar-refractivity contribution in [3.05, 3.63) is 0 Å². The molecule has 0 bridgehead atoms. The smallest absolute Gasteiger partial charge is 0.354 e. The molecule has 7 heteroatoms. The lowest BCUT2D eigenvalue weighted by Crippen LogP contribution is -2.42. The van der Waals surface area contributed by atoms with E-state index in [1.165, 1.54) is 4.90 Å². The standard InChI is InChI=1S/C12H22F3N3O/c1-2-3-10(16)11(19)17-6-9-4-5-18(7-9)8-12(13,14)15/h9-10H,2-8,16H2,1H3,(H,17,19). The first kappa shape index (κ1) is 16.2. The second-order valence-corrected chi connectivity index (χ2v) is 5.15. The van der Waals surface area contributed by atoms with Crippen LogP contribution in [0.4, 0.5) is 13.2 Å². The lowest BCUT2D eigenvalue weighted by atomic mass is 10.1. The van der Waals surface area contributed by atoms with E-state index < -0.39 is 18.8 Å². The number of likely N-dealkylation sites (tertiary alicyclic amines) is 1. The third-order valence-corrected chi connectivity index (χ3v) is 3.27. The molecule has 19 heavy (non-hydrogen) atoms. The summed E-state index contributed by atoms with van der Waals surface area (Å²) < 4.78 is 36.6. The van der Waals surface area contributed by atoms with Crippen LogP contribution in [0.2, 0.25) is 0 Å². The van der Waals surface area contributed by atoms with Crippen LogP contribution in [0.3, 0.4) is 0 Å². The number of hydrogen-bond acceptors (Lipinski definition) is 3. The van der Waals surface area contributed by atoms with Crippen molar-refractivity contribution in [2.75, 3.05) is 26.2 Å². The number of nitrogens with two attached hydrogens (primary N) is 1. The molecule has 1 rings (SSSR count). The lowest BCUT2D eigenvalue weighted by molar-refractivity contribution is -0.143. The average molecular weight is 281 g/mol. The molecular formula is C12H22F3N3O. The molecule has 1 aliphatic heterocycles. The van der Waals surface area contributed by atoms with Gasteiger partial charge in [0.15, 0.2) is 0 Å². The number of alkyl halides is 3. The summed E-state index contributed by atoms with van der Waals surface area (Å²) in [7, 11) is 0. The number of rotatable bonds is 6. The zero-order valence-corrected chi connectivity index (χ0v) is 11.2. The largest absolute Gasteiger partial charge is 0.401 e. The zero-order chi connectivity index (χ0) is 14.5. The van der Waals surface area contributed by atoms with Crippen molar-refractivity contribution in [1.82, 2.24) is 10.2 Å². The molecule has 1 fully saturated rings. The lowest BCUT2D eigenvalue weighted by Gasteiger charge is -2.18. The minimum atomic E-state index is -4.15. The van der Waals surface area contributed by atoms with Crippen molar-refractivity contribution in [1.29, 1.82) is 0 Å². The maximum absolute atomic E-state index is 12.2. The highest BCUT2D eigenvalue weighted by Gasteiger charge is 2.34. The number of carbonyl (C=O) groups excluding carboxylic acids is 1. The zero-order valence-electron chi connectivity index (χ0n) is 11.2. The van der Waals surface area contributed by atoms with Crippen LogP contribution in [0.5, 0.6) is 0 Å². The predicted molar refractivity (Wildman–Crippen MR) is 66.5 cm³/mol. The molecule has 1 heterocycles. The maximum atomic E-state index is 12.2. The fraction of sp³-hybridized carbons (Fsp3) is 0.917. The van der Waals surface area contributed by atoms with Crippen LogP contribution < -0.4 is 11.1 Å². The van der Waals surface area contributed by atoms with Crippen LogP contribution in [-0.2, 0) is 4.79 Å². The fourth-order valence-electron chi connectivity index (χ4n) is 2.29. The third-order valence-electron chi connectivity index (χ3n) is 3.27. The van der Waals surface area contributed by atoms with E-state index in [-0.39, 0.29) is 11.8 Å². The SMILES string of the molecule is CCCC(N)C(=O)NCC1CCN(CC(F)(F)F)C1. The number of nitrogens with zero attached hydrogens (tertiary/aromatic N) is 1. The molecule has 1 saturated heterocycles. The van der Waals surface area contributed by atoms with Gasteiger partial charge in [-0.1, -0.05) is 13.3 Å². The van der Waals surface area contributed by atoms with Gasteiger partial charge < -0.3 is 11.1 Å². The van der Waals surface area contributed by atoms with Gasteiger partial charge in [-0.3, -0.25) is 9.69 Å². The highest BCUT2D eigenvalue weighted by Crippen LogP contribution is 2.22. The van der Waals surface area contributed by atoms with Crippen molar-refractivity contribution in [2.45, 2.75) is 38.4 Å². The van der Waals surface area contributed by atoms with E-state index in [9.17, 15) is 18.0 Å². The number of hydrogen-bond donors (Lipinski definition) is 2. The monoisotopic (exact) mass is 281 g/mol. The summed E-state index contributed by atoms with van der Waals surface area (Å²) in [6.45, 7) is 2.29. The molecule has 0 aromatic heterocycles. The Morgan fingerprint density at radius 2 is 2.21 bits per heavy atom. The Bertz CT molecular complexity index is 296. The van der Waals surface area contributed by atoms with Crippen LogP contribution in [0, 0.1) is 5.92 Å². The van der Waals surface area contributed by atoms with Gasteiger partial charge in [0.25, 0.3) is 0 Å². The van der Waals surface area contributed by atoms with Crippen molar-refractivity contribution in [2.24, 2.45) is 11.7 Å². The first-order valence-electron chi connectivity index (χ1n) is 6.64. The number of nitrogens with one attached hydrogen (secondary N) is 1. The Kier molecular flexibility index (Phi) is 6.06. The van der Waals surface area contributed by atoms with Gasteiger partial charge in [-0.05, 0) is 25.3 Å². The molecule has 4 nitrogen and oxygen atoms in total. The van der Waals surface area contributed by atoms with Crippen LogP contribution >= 0.6 is 0 Å². The molecule has 0 spiro atoms. The van der Waals surface area contributed by atoms with Crippen LogP contribution in [0.15, 0.2) is 0 Å². The van der Waals surface area contributed by atoms with Gasteiger partial charge in [-0.2, -0.15) is 13.2 Å². The summed E-state index contributed by atoms with van der Waals surface area (Å²) in [5.41, 5.74) is 5.65. The Hall–Kier alpha value is -0.820. The van der Waals surface area contributed by atoms with Crippen molar-refractivity contribution < 1.29 is 18.0 Å². The van der Waals surface area contributed by atoms with E-state index in [1.54, 1.807) is 0 Å². The van der Waals surface area contributed by atoms with Gasteiger partial charge >= 0.3 is 6.18 Å². The van der Waals surface area contributed by atoms with Crippen molar-refractivity contribution in [3.63, 3.8) is 0 Å². The van der Waals surface area contributed by atoms with Gasteiger partial charge in [0, 0.05) is 13.1 Å². The molecule has 2 atom stereocenters. The Morgan fingerprint density at radius 3 is 2.79 bits per heavy atom. The number of carbonyl (C=O) groups is 1. The van der Waals surface area contributed by atoms with E-state index >= 15 is 0 Å². The van der Waals surface area contributed by atoms with Gasteiger partial charge in [0.05, 0.1) is 12.6 Å². The number of halogens is 3. The number of amides is 1. The van der Waals surface area contributed by atoms with Crippen LogP contribution in [0.25, 0.3) is 0 Å². The Morgan fingerprint density at radius 1 is 1.53 bits per heavy atom. The molecule has 0 radical (unpaired) electrons. The van der Waals surface area contributed by atoms with Gasteiger partial charge in [-0.25, -0.2) is 0 Å². The average Bonchev–Trinajstić information content (AvgIpc) is 2.71. The Labute approximate surface area is 111 Å². The second kappa shape index (κ2) is 7.09. The summed E-state index contributed by atoms with van der Waals surface area (Å²) in [6.07, 6.45) is -2.02. The summed E-state index contributed by atoms with van der Waals surface area (Å²) in [4.78, 5) is 12.9. The third kappa shape index (κ3) is 6.24. The van der Waals surface area contributed by atoms with E-state index in [1.807, 2.05) is 6.92 Å². The van der Waals surface area contributed by atoms with Crippen molar-refractivity contribution in [3.8, 4) is 0 Å². The molecule has 3 N–H and O–H groups in total. The molecule has 0 aliphatic carbocycles. The Balaban J connectivity index is 2.24. The van der Waals surface area contributed by atoms with Crippen molar-refractivity contribution >= 4 is 5.91 Å². The molecule has 2 unspecified atom stereocenters. The fourth-order valence-corrected chi connectivity index (χ4v) is 2.29. The van der Waals surface area contributed by atoms with Crippen LogP contribution in [-0.4, -0.2) is 49.2 Å². The van der Waals surface area contributed by atoms with Gasteiger partial charge in [0.1, 0.15) is 0 Å². The van der Waals surface area contributed by atoms with E-state index in [0.29, 0.717) is 32.5 Å².